The van der Waals surface area contributed by atoms with Crippen LogP contribution < -0.4 is 10.6 Å². The van der Waals surface area contributed by atoms with E-state index in [-0.39, 0.29) is 25.0 Å². The Morgan fingerprint density at radius 3 is 2.68 bits per heavy atom. The summed E-state index contributed by atoms with van der Waals surface area (Å²) in [6.07, 6.45) is 1.36. The molecular formula is C13H17ClN2O3. The first-order valence-electron chi connectivity index (χ1n) is 6.05. The van der Waals surface area contributed by atoms with Gasteiger partial charge in [0.15, 0.2) is 0 Å². The Bertz CT molecular complexity index is 438. The maximum Gasteiger partial charge on any atom is 0.251 e. The van der Waals surface area contributed by atoms with Crippen LogP contribution in [0.2, 0.25) is 5.02 Å². The van der Waals surface area contributed by atoms with E-state index in [0.717, 1.165) is 0 Å². The minimum Gasteiger partial charge on any atom is -0.396 e. The van der Waals surface area contributed by atoms with Gasteiger partial charge in [0.05, 0.1) is 6.54 Å². The lowest BCUT2D eigenvalue weighted by molar-refractivity contribution is -0.120. The molecule has 3 N–H and O–H groups in total. The van der Waals surface area contributed by atoms with E-state index >= 15 is 0 Å². The summed E-state index contributed by atoms with van der Waals surface area (Å²) >= 11 is 5.77. The molecule has 0 spiro atoms. The van der Waals surface area contributed by atoms with Crippen LogP contribution in [0.3, 0.4) is 0 Å². The van der Waals surface area contributed by atoms with Gasteiger partial charge in [0.25, 0.3) is 5.91 Å². The van der Waals surface area contributed by atoms with Crippen LogP contribution in [-0.2, 0) is 4.79 Å². The summed E-state index contributed by atoms with van der Waals surface area (Å²) in [7, 11) is 0. The maximum absolute atomic E-state index is 11.7. The monoisotopic (exact) mass is 284 g/mol. The van der Waals surface area contributed by atoms with Crippen molar-refractivity contribution in [3.05, 3.63) is 34.9 Å². The third kappa shape index (κ3) is 6.22. The molecule has 1 aromatic carbocycles. The van der Waals surface area contributed by atoms with E-state index < -0.39 is 0 Å². The Balaban J connectivity index is 2.28. The molecule has 0 radical (unpaired) electrons. The highest BCUT2D eigenvalue weighted by Crippen LogP contribution is 2.10. The lowest BCUT2D eigenvalue weighted by atomic mass is 10.2. The smallest absolute Gasteiger partial charge is 0.251 e. The standard InChI is InChI=1S/C13H17ClN2O3/c14-11-5-3-4-10(8-11)13(19)16-9-12(18)15-6-1-2-7-17/h3-5,8,17H,1-2,6-7,9H2,(H,15,18)(H,16,19). The van der Waals surface area contributed by atoms with Crippen molar-refractivity contribution in [1.29, 1.82) is 0 Å². The van der Waals surface area contributed by atoms with E-state index in [1.807, 2.05) is 0 Å². The molecule has 0 unspecified atom stereocenters. The van der Waals surface area contributed by atoms with Crippen LogP contribution in [-0.4, -0.2) is 36.6 Å². The van der Waals surface area contributed by atoms with E-state index in [9.17, 15) is 9.59 Å². The Labute approximate surface area is 117 Å². The highest BCUT2D eigenvalue weighted by atomic mass is 35.5. The largest absolute Gasteiger partial charge is 0.396 e. The second-order valence-corrected chi connectivity index (χ2v) is 4.41. The van der Waals surface area contributed by atoms with Gasteiger partial charge in [-0.2, -0.15) is 0 Å². The van der Waals surface area contributed by atoms with Gasteiger partial charge in [-0.1, -0.05) is 17.7 Å². The summed E-state index contributed by atoms with van der Waals surface area (Å²) in [4.78, 5) is 23.1. The van der Waals surface area contributed by atoms with E-state index in [1.165, 1.54) is 6.07 Å². The minimum atomic E-state index is -0.340. The van der Waals surface area contributed by atoms with Crippen LogP contribution in [0.25, 0.3) is 0 Å². The fraction of sp³-hybridized carbons (Fsp3) is 0.385. The molecule has 6 heteroatoms. The molecule has 104 valence electrons. The molecule has 2 amide bonds. The number of halogens is 1. The number of benzene rings is 1. The van der Waals surface area contributed by atoms with E-state index in [0.29, 0.717) is 30.0 Å². The molecule has 1 aromatic rings. The van der Waals surface area contributed by atoms with Crippen molar-refractivity contribution in [2.45, 2.75) is 12.8 Å². The summed E-state index contributed by atoms with van der Waals surface area (Å²) in [6, 6.07) is 6.51. The summed E-state index contributed by atoms with van der Waals surface area (Å²) in [5, 5.41) is 14.2. The van der Waals surface area contributed by atoms with Gasteiger partial charge in [-0.15, -0.1) is 0 Å². The van der Waals surface area contributed by atoms with Crippen LogP contribution in [0.4, 0.5) is 0 Å². The number of unbranched alkanes of at least 4 members (excludes halogenated alkanes) is 1. The van der Waals surface area contributed by atoms with Crippen LogP contribution in [0, 0.1) is 0 Å². The average Bonchev–Trinajstić information content (AvgIpc) is 2.41. The van der Waals surface area contributed by atoms with Crippen molar-refractivity contribution in [2.75, 3.05) is 19.7 Å². The van der Waals surface area contributed by atoms with Gasteiger partial charge < -0.3 is 15.7 Å². The Kier molecular flexibility index (Phi) is 6.92. The number of carbonyl (C=O) groups is 2. The van der Waals surface area contributed by atoms with E-state index in [1.54, 1.807) is 18.2 Å². The predicted octanol–water partition coefficient (Wildman–Crippen LogP) is 0.959. The SMILES string of the molecule is O=C(CNC(=O)c1cccc(Cl)c1)NCCCCO. The van der Waals surface area contributed by atoms with Crippen LogP contribution in [0.15, 0.2) is 24.3 Å². The highest BCUT2D eigenvalue weighted by Gasteiger charge is 2.07. The Morgan fingerprint density at radius 1 is 1.21 bits per heavy atom. The van der Waals surface area contributed by atoms with Crippen LogP contribution in [0.1, 0.15) is 23.2 Å². The molecule has 0 saturated heterocycles. The molecule has 0 aliphatic rings. The fourth-order valence-corrected chi connectivity index (χ4v) is 1.61. The number of nitrogens with one attached hydrogen (secondary N) is 2. The molecule has 0 fully saturated rings. The summed E-state index contributed by atoms with van der Waals surface area (Å²) in [5.41, 5.74) is 0.417. The second kappa shape index (κ2) is 8.50. The number of carbonyl (C=O) groups excluding carboxylic acids is 2. The van der Waals surface area contributed by atoms with E-state index in [2.05, 4.69) is 10.6 Å². The molecule has 0 aliphatic heterocycles. The van der Waals surface area contributed by atoms with Crippen molar-refractivity contribution < 1.29 is 14.7 Å². The number of rotatable bonds is 7. The van der Waals surface area contributed by atoms with Gasteiger partial charge in [-0.05, 0) is 31.0 Å². The van der Waals surface area contributed by atoms with Gasteiger partial charge in [0.2, 0.25) is 5.91 Å². The van der Waals surface area contributed by atoms with Gasteiger partial charge in [0, 0.05) is 23.7 Å². The average molecular weight is 285 g/mol. The van der Waals surface area contributed by atoms with Crippen molar-refractivity contribution in [2.24, 2.45) is 0 Å². The maximum atomic E-state index is 11.7. The summed E-state index contributed by atoms with van der Waals surface area (Å²) in [5.74, 6) is -0.596. The van der Waals surface area contributed by atoms with Crippen LogP contribution in [0.5, 0.6) is 0 Å². The van der Waals surface area contributed by atoms with Crippen molar-refractivity contribution in [1.82, 2.24) is 10.6 Å². The molecule has 0 aliphatic carbocycles. The first kappa shape index (κ1) is 15.5. The zero-order chi connectivity index (χ0) is 14.1. The topological polar surface area (TPSA) is 78.4 Å². The van der Waals surface area contributed by atoms with Gasteiger partial charge in [0.1, 0.15) is 0 Å². The third-order valence-electron chi connectivity index (χ3n) is 2.40. The number of aliphatic hydroxyl groups is 1. The lowest BCUT2D eigenvalue weighted by Crippen LogP contribution is -2.37. The normalized spacial score (nSPS) is 10.0. The quantitative estimate of drug-likeness (QED) is 0.653. The molecule has 5 nitrogen and oxygen atoms in total. The zero-order valence-electron chi connectivity index (χ0n) is 10.5. The number of amides is 2. The molecular weight excluding hydrogens is 268 g/mol. The van der Waals surface area contributed by atoms with Gasteiger partial charge in [-0.3, -0.25) is 9.59 Å². The first-order chi connectivity index (χ1) is 9.13. The molecule has 0 heterocycles. The lowest BCUT2D eigenvalue weighted by Gasteiger charge is -2.06. The molecule has 0 aromatic heterocycles. The van der Waals surface area contributed by atoms with Gasteiger partial charge in [-0.25, -0.2) is 0 Å². The van der Waals surface area contributed by atoms with Crippen molar-refractivity contribution in [3.8, 4) is 0 Å². The van der Waals surface area contributed by atoms with Crippen molar-refractivity contribution in [3.63, 3.8) is 0 Å². The molecule has 0 bridgehead atoms. The van der Waals surface area contributed by atoms with E-state index in [4.69, 9.17) is 16.7 Å². The Morgan fingerprint density at radius 2 is 2.00 bits per heavy atom. The Hall–Kier alpha value is -1.59. The fourth-order valence-electron chi connectivity index (χ4n) is 1.42. The zero-order valence-corrected chi connectivity index (χ0v) is 11.2. The number of aliphatic hydroxyl groups excluding tert-OH is 1. The van der Waals surface area contributed by atoms with Crippen LogP contribution >= 0.6 is 11.6 Å². The number of hydrogen-bond donors (Lipinski definition) is 3. The highest BCUT2D eigenvalue weighted by molar-refractivity contribution is 6.30. The van der Waals surface area contributed by atoms with Crippen molar-refractivity contribution >= 4 is 23.4 Å². The summed E-state index contributed by atoms with van der Waals surface area (Å²) < 4.78 is 0. The molecule has 0 saturated carbocycles. The summed E-state index contributed by atoms with van der Waals surface area (Å²) in [6.45, 7) is 0.526. The first-order valence-corrected chi connectivity index (χ1v) is 6.42. The molecule has 0 atom stereocenters. The second-order valence-electron chi connectivity index (χ2n) is 3.97. The molecule has 19 heavy (non-hydrogen) atoms. The minimum absolute atomic E-state index is 0.0789. The van der Waals surface area contributed by atoms with Gasteiger partial charge >= 0.3 is 0 Å². The number of hydrogen-bond acceptors (Lipinski definition) is 3. The molecule has 1 rings (SSSR count). The predicted molar refractivity (Wildman–Crippen MR) is 73.1 cm³/mol. The third-order valence-corrected chi connectivity index (χ3v) is 2.64.